The molecule has 1 unspecified atom stereocenters. The summed E-state index contributed by atoms with van der Waals surface area (Å²) >= 11 is 1.42. The van der Waals surface area contributed by atoms with Crippen LogP contribution in [0.4, 0.5) is 4.39 Å². The molecule has 3 nitrogen and oxygen atoms in total. The molecule has 0 radical (unpaired) electrons. The van der Waals surface area contributed by atoms with Crippen molar-refractivity contribution < 1.29 is 9.18 Å². The zero-order chi connectivity index (χ0) is 13.9. The van der Waals surface area contributed by atoms with Crippen LogP contribution < -0.4 is 0 Å². The van der Waals surface area contributed by atoms with E-state index in [0.717, 1.165) is 5.56 Å². The van der Waals surface area contributed by atoms with E-state index in [4.69, 9.17) is 0 Å². The van der Waals surface area contributed by atoms with Gasteiger partial charge in [0.15, 0.2) is 0 Å². The van der Waals surface area contributed by atoms with Gasteiger partial charge >= 0.3 is 0 Å². The molecule has 0 aliphatic carbocycles. The van der Waals surface area contributed by atoms with Crippen LogP contribution >= 0.6 is 11.8 Å². The van der Waals surface area contributed by atoms with Crippen molar-refractivity contribution in [2.45, 2.75) is 11.7 Å². The first-order chi connectivity index (χ1) is 9.72. The van der Waals surface area contributed by atoms with Crippen LogP contribution in [0.3, 0.4) is 0 Å². The highest BCUT2D eigenvalue weighted by atomic mass is 32.2. The standard InChI is InChI=1S/C15H11FN2OS/c16-11-6-4-10(5-7-11)9-13-14(19)18-15(20-13)12-3-1-2-8-17-12/h1-8,13H,9H2. The van der Waals surface area contributed by atoms with Crippen molar-refractivity contribution in [3.8, 4) is 0 Å². The lowest BCUT2D eigenvalue weighted by molar-refractivity contribution is -0.117. The summed E-state index contributed by atoms with van der Waals surface area (Å²) in [6.07, 6.45) is 2.22. The molecule has 2 aromatic rings. The molecule has 1 aromatic heterocycles. The summed E-state index contributed by atoms with van der Waals surface area (Å²) in [6, 6.07) is 11.7. The molecule has 1 aliphatic heterocycles. The Bertz CT molecular complexity index is 655. The smallest absolute Gasteiger partial charge is 0.260 e. The number of pyridine rings is 1. The Labute approximate surface area is 120 Å². The second-order valence-corrected chi connectivity index (χ2v) is 5.60. The second kappa shape index (κ2) is 5.54. The molecule has 1 aliphatic rings. The molecule has 0 bridgehead atoms. The molecule has 0 fully saturated rings. The minimum Gasteiger partial charge on any atom is -0.271 e. The molecule has 0 N–H and O–H groups in total. The molecule has 1 atom stereocenters. The first-order valence-corrected chi connectivity index (χ1v) is 7.05. The molecule has 20 heavy (non-hydrogen) atoms. The molecule has 0 spiro atoms. The Kier molecular flexibility index (Phi) is 3.60. The van der Waals surface area contributed by atoms with Crippen LogP contribution in [0.15, 0.2) is 53.7 Å². The van der Waals surface area contributed by atoms with Crippen molar-refractivity contribution >= 4 is 22.7 Å². The molecule has 0 saturated heterocycles. The van der Waals surface area contributed by atoms with Gasteiger partial charge in [0, 0.05) is 6.20 Å². The Morgan fingerprint density at radius 1 is 1.15 bits per heavy atom. The fourth-order valence-corrected chi connectivity index (χ4v) is 3.04. The summed E-state index contributed by atoms with van der Waals surface area (Å²) < 4.78 is 12.9. The molecule has 1 amide bonds. The maximum atomic E-state index is 12.9. The molecule has 2 heterocycles. The van der Waals surface area contributed by atoms with E-state index in [1.807, 2.05) is 18.2 Å². The summed E-state index contributed by atoms with van der Waals surface area (Å²) in [5.41, 5.74) is 1.64. The van der Waals surface area contributed by atoms with Crippen LogP contribution in [0.1, 0.15) is 11.3 Å². The summed E-state index contributed by atoms with van der Waals surface area (Å²) in [5.74, 6) is -0.426. The number of carbonyl (C=O) groups excluding carboxylic acids is 1. The minimum atomic E-state index is -0.274. The van der Waals surface area contributed by atoms with Gasteiger partial charge in [0.2, 0.25) is 0 Å². The summed E-state index contributed by atoms with van der Waals surface area (Å²) in [6.45, 7) is 0. The predicted octanol–water partition coefficient (Wildman–Crippen LogP) is 2.85. The number of carbonyl (C=O) groups is 1. The number of hydrogen-bond donors (Lipinski definition) is 0. The molecule has 100 valence electrons. The van der Waals surface area contributed by atoms with Gasteiger partial charge in [0.1, 0.15) is 10.9 Å². The van der Waals surface area contributed by atoms with Crippen molar-refractivity contribution in [2.75, 3.05) is 0 Å². The average molecular weight is 286 g/mol. The molecule has 0 saturated carbocycles. The van der Waals surface area contributed by atoms with Gasteiger partial charge in [-0.1, -0.05) is 30.0 Å². The number of thioether (sulfide) groups is 1. The van der Waals surface area contributed by atoms with E-state index < -0.39 is 0 Å². The van der Waals surface area contributed by atoms with Crippen LogP contribution in [0, 0.1) is 5.82 Å². The van der Waals surface area contributed by atoms with Crippen LogP contribution in [0.25, 0.3) is 0 Å². The normalized spacial score (nSPS) is 18.1. The van der Waals surface area contributed by atoms with E-state index in [1.54, 1.807) is 18.3 Å². The topological polar surface area (TPSA) is 42.3 Å². The molecular weight excluding hydrogens is 275 g/mol. The number of halogens is 1. The van der Waals surface area contributed by atoms with Gasteiger partial charge in [-0.3, -0.25) is 9.78 Å². The third-order valence-electron chi connectivity index (χ3n) is 2.96. The van der Waals surface area contributed by atoms with E-state index in [0.29, 0.717) is 17.2 Å². The van der Waals surface area contributed by atoms with Crippen molar-refractivity contribution in [1.82, 2.24) is 4.98 Å². The van der Waals surface area contributed by atoms with Gasteiger partial charge in [-0.2, -0.15) is 0 Å². The Morgan fingerprint density at radius 2 is 1.95 bits per heavy atom. The summed E-state index contributed by atoms with van der Waals surface area (Å²) in [5, 5.41) is 0.403. The monoisotopic (exact) mass is 286 g/mol. The van der Waals surface area contributed by atoms with Crippen LogP contribution in [-0.2, 0) is 11.2 Å². The zero-order valence-electron chi connectivity index (χ0n) is 10.5. The van der Waals surface area contributed by atoms with Gasteiger partial charge in [-0.15, -0.1) is 0 Å². The molecule has 1 aromatic carbocycles. The Hall–Kier alpha value is -2.01. The van der Waals surface area contributed by atoms with E-state index in [-0.39, 0.29) is 17.0 Å². The molecular formula is C15H11FN2OS. The number of benzene rings is 1. The third-order valence-corrected chi connectivity index (χ3v) is 4.14. The van der Waals surface area contributed by atoms with E-state index in [9.17, 15) is 9.18 Å². The average Bonchev–Trinajstić information content (AvgIpc) is 2.84. The maximum Gasteiger partial charge on any atom is 0.260 e. The highest BCUT2D eigenvalue weighted by molar-refractivity contribution is 8.16. The van der Waals surface area contributed by atoms with Gasteiger partial charge in [-0.25, -0.2) is 9.38 Å². The Morgan fingerprint density at radius 3 is 2.65 bits per heavy atom. The van der Waals surface area contributed by atoms with Crippen molar-refractivity contribution in [1.29, 1.82) is 0 Å². The third kappa shape index (κ3) is 2.77. The quantitative estimate of drug-likeness (QED) is 0.871. The molecule has 5 heteroatoms. The van der Waals surface area contributed by atoms with Crippen molar-refractivity contribution in [2.24, 2.45) is 4.99 Å². The first-order valence-electron chi connectivity index (χ1n) is 6.17. The number of rotatable bonds is 3. The van der Waals surface area contributed by atoms with Gasteiger partial charge < -0.3 is 0 Å². The lowest BCUT2D eigenvalue weighted by Gasteiger charge is -2.06. The molecule has 3 rings (SSSR count). The van der Waals surface area contributed by atoms with Crippen LogP contribution in [0.2, 0.25) is 0 Å². The van der Waals surface area contributed by atoms with Crippen molar-refractivity contribution in [3.05, 3.63) is 65.7 Å². The number of aromatic nitrogens is 1. The van der Waals surface area contributed by atoms with E-state index in [2.05, 4.69) is 9.98 Å². The van der Waals surface area contributed by atoms with Gasteiger partial charge in [-0.05, 0) is 36.2 Å². The van der Waals surface area contributed by atoms with Crippen molar-refractivity contribution in [3.63, 3.8) is 0 Å². The maximum absolute atomic E-state index is 12.9. The minimum absolute atomic E-state index is 0.153. The highest BCUT2D eigenvalue weighted by Gasteiger charge is 2.29. The summed E-state index contributed by atoms with van der Waals surface area (Å²) in [7, 11) is 0. The van der Waals surface area contributed by atoms with Crippen LogP contribution in [0.5, 0.6) is 0 Å². The highest BCUT2D eigenvalue weighted by Crippen LogP contribution is 2.28. The zero-order valence-corrected chi connectivity index (χ0v) is 11.3. The first kappa shape index (κ1) is 13.0. The van der Waals surface area contributed by atoms with Gasteiger partial charge in [0.05, 0.1) is 10.9 Å². The summed E-state index contributed by atoms with van der Waals surface area (Å²) in [4.78, 5) is 20.2. The fourth-order valence-electron chi connectivity index (χ4n) is 1.95. The largest absolute Gasteiger partial charge is 0.271 e. The Balaban J connectivity index is 1.73. The number of amides is 1. The van der Waals surface area contributed by atoms with Crippen LogP contribution in [-0.4, -0.2) is 21.2 Å². The lowest BCUT2D eigenvalue weighted by Crippen LogP contribution is -2.13. The number of nitrogens with zero attached hydrogens (tertiary/aromatic N) is 2. The SMILES string of the molecule is O=C1N=C(c2ccccn2)SC1Cc1ccc(F)cc1. The van der Waals surface area contributed by atoms with E-state index >= 15 is 0 Å². The fraction of sp³-hybridized carbons (Fsp3) is 0.133. The number of hydrogen-bond acceptors (Lipinski definition) is 3. The predicted molar refractivity (Wildman–Crippen MR) is 77.3 cm³/mol. The van der Waals surface area contributed by atoms with Gasteiger partial charge in [0.25, 0.3) is 5.91 Å². The lowest BCUT2D eigenvalue weighted by atomic mass is 10.1. The second-order valence-electron chi connectivity index (χ2n) is 4.41. The van der Waals surface area contributed by atoms with E-state index in [1.165, 1.54) is 23.9 Å². The number of aliphatic imine (C=N–C) groups is 1.